The summed E-state index contributed by atoms with van der Waals surface area (Å²) in [6.45, 7) is 8.96. The van der Waals surface area contributed by atoms with Crippen molar-refractivity contribution in [1.29, 1.82) is 0 Å². The highest BCUT2D eigenvalue weighted by Crippen LogP contribution is 2.66. The van der Waals surface area contributed by atoms with Crippen LogP contribution in [0, 0.1) is 34.5 Å². The molecule has 1 heterocycles. The van der Waals surface area contributed by atoms with Crippen LogP contribution in [0.2, 0.25) is 0 Å². The third kappa shape index (κ3) is 7.63. The van der Waals surface area contributed by atoms with Gasteiger partial charge in [0.2, 0.25) is 5.79 Å². The Morgan fingerprint density at radius 2 is 1.84 bits per heavy atom. The van der Waals surface area contributed by atoms with E-state index in [0.29, 0.717) is 42.8 Å². The summed E-state index contributed by atoms with van der Waals surface area (Å²) in [6.07, 6.45) is 6.70. The number of hydrogen-bond donors (Lipinski definition) is 2. The van der Waals surface area contributed by atoms with Gasteiger partial charge in [0.15, 0.2) is 17.9 Å². The van der Waals surface area contributed by atoms with Crippen LogP contribution in [-0.2, 0) is 35.0 Å². The van der Waals surface area contributed by atoms with Gasteiger partial charge in [0, 0.05) is 31.6 Å². The topological polar surface area (TPSA) is 170 Å². The molecule has 9 atom stereocenters. The molecule has 2 aromatic rings. The summed E-state index contributed by atoms with van der Waals surface area (Å²) < 4.78 is 22.9. The van der Waals surface area contributed by atoms with Crippen LogP contribution in [0.15, 0.2) is 76.5 Å². The van der Waals surface area contributed by atoms with Crippen LogP contribution < -0.4 is 4.74 Å². The van der Waals surface area contributed by atoms with Crippen molar-refractivity contribution in [3.8, 4) is 5.75 Å². The Labute approximate surface area is 327 Å². The van der Waals surface area contributed by atoms with Gasteiger partial charge in [0.05, 0.1) is 29.5 Å². The summed E-state index contributed by atoms with van der Waals surface area (Å²) in [7, 11) is 0. The molecule has 9 unspecified atom stereocenters. The number of hydrogen-bond acceptors (Lipinski definition) is 12. The molecule has 3 fully saturated rings. The molecular formula is C44H52N2O10. The Morgan fingerprint density at radius 3 is 2.62 bits per heavy atom. The van der Waals surface area contributed by atoms with Crippen molar-refractivity contribution in [2.75, 3.05) is 6.61 Å². The van der Waals surface area contributed by atoms with Crippen molar-refractivity contribution in [3.63, 3.8) is 0 Å². The monoisotopic (exact) mass is 768 g/mol. The highest BCUT2D eigenvalue weighted by Gasteiger charge is 2.65. The van der Waals surface area contributed by atoms with Gasteiger partial charge in [0.25, 0.3) is 0 Å². The molecule has 12 nitrogen and oxygen atoms in total. The average molecular weight is 769 g/mol. The molecule has 56 heavy (non-hydrogen) atoms. The van der Waals surface area contributed by atoms with Crippen molar-refractivity contribution >= 4 is 34.9 Å². The number of aryl methyl sites for hydroxylation is 1. The van der Waals surface area contributed by atoms with E-state index >= 15 is 0 Å². The SMILES string of the molecule is CCCC(O)OC1CC2C3CCC4=CC(=O)C=CC4(C)C3C(O)CC2(C)C1C(=O)COC(=O)CCc1ccccc1/N=N/c1ccc2c(c1)C(=O)OC(C)(C)O2. The first-order valence-electron chi connectivity index (χ1n) is 19.8. The van der Waals surface area contributed by atoms with E-state index in [2.05, 4.69) is 17.2 Å². The number of ether oxygens (including phenoxy) is 4. The molecule has 0 radical (unpaired) electrons. The van der Waals surface area contributed by atoms with E-state index in [1.807, 2.05) is 32.1 Å². The molecule has 3 saturated carbocycles. The number of aliphatic hydroxyl groups excluding tert-OH is 2. The zero-order valence-corrected chi connectivity index (χ0v) is 32.7. The Kier molecular flexibility index (Phi) is 10.9. The van der Waals surface area contributed by atoms with Crippen LogP contribution in [0.4, 0.5) is 11.4 Å². The standard InChI is InChI=1S/C44H52N2O10/c1-6-9-38(51)54-36-22-31-29-15-13-26-20-28(47)18-19-43(26,4)39(29)33(48)23-44(31,5)40(36)34(49)24-53-37(50)17-12-25-10-7-8-11-32(25)46-45-27-14-16-35-30(21-27)41(52)56-42(2,3)55-35/h7-8,10-11,14,16,18-21,29,31,33,36,38-40,48,51H,6,9,12-13,15,17,22-24H2,1-5H3/b46-45+. The molecule has 0 amide bonds. The molecule has 298 valence electrons. The number of azo groups is 1. The predicted molar refractivity (Wildman–Crippen MR) is 204 cm³/mol. The van der Waals surface area contributed by atoms with Crippen LogP contribution >= 0.6 is 0 Å². The molecule has 2 N–H and O–H groups in total. The second kappa shape index (κ2) is 15.4. The molecule has 1 aliphatic heterocycles. The molecule has 0 bridgehead atoms. The van der Waals surface area contributed by atoms with Crippen LogP contribution in [0.3, 0.4) is 0 Å². The molecule has 12 heteroatoms. The fraction of sp³-hybridized carbons (Fsp3) is 0.545. The number of esters is 2. The molecule has 7 rings (SSSR count). The van der Waals surface area contributed by atoms with Crippen LogP contribution in [-0.4, -0.2) is 64.6 Å². The first-order valence-corrected chi connectivity index (χ1v) is 19.8. The van der Waals surface area contributed by atoms with E-state index in [-0.39, 0.29) is 47.7 Å². The number of carbonyl (C=O) groups excluding carboxylic acids is 4. The van der Waals surface area contributed by atoms with Crippen molar-refractivity contribution in [2.45, 2.75) is 110 Å². The van der Waals surface area contributed by atoms with E-state index in [1.54, 1.807) is 56.3 Å². The van der Waals surface area contributed by atoms with Gasteiger partial charge in [-0.15, -0.1) is 0 Å². The maximum Gasteiger partial charge on any atom is 0.345 e. The summed E-state index contributed by atoms with van der Waals surface area (Å²) in [6, 6.07) is 12.1. The lowest BCUT2D eigenvalue weighted by Crippen LogP contribution is -2.56. The smallest absolute Gasteiger partial charge is 0.345 e. The lowest BCUT2D eigenvalue weighted by molar-refractivity contribution is -0.170. The van der Waals surface area contributed by atoms with Crippen molar-refractivity contribution in [2.24, 2.45) is 44.7 Å². The largest absolute Gasteiger partial charge is 0.458 e. The number of benzene rings is 2. The highest BCUT2D eigenvalue weighted by molar-refractivity contribution is 6.01. The Balaban J connectivity index is 1.02. The van der Waals surface area contributed by atoms with Gasteiger partial charge in [-0.2, -0.15) is 10.2 Å². The van der Waals surface area contributed by atoms with Gasteiger partial charge in [-0.1, -0.05) is 57.0 Å². The molecule has 0 saturated heterocycles. The quantitative estimate of drug-likeness (QED) is 0.126. The minimum Gasteiger partial charge on any atom is -0.458 e. The fourth-order valence-corrected chi connectivity index (χ4v) is 10.4. The minimum atomic E-state index is -1.07. The molecule has 0 aromatic heterocycles. The lowest BCUT2D eigenvalue weighted by Gasteiger charge is -2.58. The van der Waals surface area contributed by atoms with Gasteiger partial charge in [-0.25, -0.2) is 4.79 Å². The van der Waals surface area contributed by atoms with E-state index in [9.17, 15) is 29.4 Å². The average Bonchev–Trinajstić information content (AvgIpc) is 3.43. The third-order valence-corrected chi connectivity index (χ3v) is 12.8. The second-order valence-electron chi connectivity index (χ2n) is 17.0. The number of nitrogens with zero attached hydrogens (tertiary/aromatic N) is 2. The Hall–Kier alpha value is -4.52. The number of fused-ring (bicyclic) bond motifs is 6. The summed E-state index contributed by atoms with van der Waals surface area (Å²) >= 11 is 0. The van der Waals surface area contributed by atoms with E-state index < -0.39 is 59.6 Å². The van der Waals surface area contributed by atoms with Crippen molar-refractivity contribution in [1.82, 2.24) is 0 Å². The first kappa shape index (κ1) is 39.7. The Bertz CT molecular complexity index is 1990. The van der Waals surface area contributed by atoms with Crippen molar-refractivity contribution < 1.29 is 48.3 Å². The van der Waals surface area contributed by atoms with Gasteiger partial charge < -0.3 is 29.2 Å². The number of aliphatic hydroxyl groups is 2. The van der Waals surface area contributed by atoms with Gasteiger partial charge >= 0.3 is 11.9 Å². The number of allylic oxidation sites excluding steroid dienone is 4. The van der Waals surface area contributed by atoms with Gasteiger partial charge in [0.1, 0.15) is 17.9 Å². The summed E-state index contributed by atoms with van der Waals surface area (Å²) in [5.41, 5.74) is 1.89. The van der Waals surface area contributed by atoms with E-state index in [4.69, 9.17) is 18.9 Å². The highest BCUT2D eigenvalue weighted by atomic mass is 16.7. The second-order valence-corrected chi connectivity index (χ2v) is 17.0. The van der Waals surface area contributed by atoms with Crippen molar-refractivity contribution in [3.05, 3.63) is 77.4 Å². The van der Waals surface area contributed by atoms with E-state index in [1.165, 1.54) is 0 Å². The van der Waals surface area contributed by atoms with Crippen LogP contribution in [0.25, 0.3) is 0 Å². The molecule has 4 aliphatic carbocycles. The number of Topliss-reactive ketones (excluding diaryl/α,β-unsaturated/α-hetero) is 1. The lowest BCUT2D eigenvalue weighted by atomic mass is 9.46. The van der Waals surface area contributed by atoms with Crippen LogP contribution in [0.5, 0.6) is 5.75 Å². The van der Waals surface area contributed by atoms with E-state index in [0.717, 1.165) is 24.0 Å². The zero-order chi connectivity index (χ0) is 40.0. The first-order chi connectivity index (χ1) is 26.6. The number of carbonyl (C=O) groups is 4. The zero-order valence-electron chi connectivity index (χ0n) is 32.7. The number of cyclic esters (lactones) is 1. The van der Waals surface area contributed by atoms with Gasteiger partial charge in [-0.3, -0.25) is 14.4 Å². The summed E-state index contributed by atoms with van der Waals surface area (Å²) in [5.74, 6) is -2.77. The normalized spacial score (nSPS) is 31.9. The Morgan fingerprint density at radius 1 is 1.05 bits per heavy atom. The number of ketones is 2. The van der Waals surface area contributed by atoms with Crippen LogP contribution in [0.1, 0.15) is 95.5 Å². The summed E-state index contributed by atoms with van der Waals surface area (Å²) in [4.78, 5) is 52.1. The predicted octanol–water partition coefficient (Wildman–Crippen LogP) is 7.44. The molecule has 2 aromatic carbocycles. The third-order valence-electron chi connectivity index (χ3n) is 12.8. The van der Waals surface area contributed by atoms with Gasteiger partial charge in [-0.05, 0) is 97.8 Å². The minimum absolute atomic E-state index is 0.00967. The summed E-state index contributed by atoms with van der Waals surface area (Å²) in [5, 5.41) is 31.3. The fourth-order valence-electron chi connectivity index (χ4n) is 10.4. The molecule has 0 spiro atoms. The molecular weight excluding hydrogens is 716 g/mol. The maximum absolute atomic E-state index is 14.2. The molecule has 5 aliphatic rings. The number of rotatable bonds is 12. The maximum atomic E-state index is 14.2.